The number of carbonyl (C=O) groups is 1. The number of methoxy groups -OCH3 is 1. The van der Waals surface area contributed by atoms with Gasteiger partial charge in [-0.3, -0.25) is 14.4 Å². The maximum absolute atomic E-state index is 12.7. The number of nitrogens with two attached hydrogens (primary N) is 1. The minimum Gasteiger partial charge on any atom is -0.467 e. The fourth-order valence-corrected chi connectivity index (χ4v) is 9.77. The molecule has 3 aromatic heterocycles. The predicted octanol–water partition coefficient (Wildman–Crippen LogP) is 4.12. The maximum Gasteiger partial charge on any atom is 0.320 e. The highest BCUT2D eigenvalue weighted by atomic mass is 35.5. The monoisotopic (exact) mass is 721 g/mol. The molecule has 16 heteroatoms. The Morgan fingerprint density at radius 2 is 1.84 bits per heavy atom. The lowest BCUT2D eigenvalue weighted by Crippen LogP contribution is -2.61. The number of aryl methyl sites for hydroxylation is 2. The summed E-state index contributed by atoms with van der Waals surface area (Å²) in [6, 6.07) is 5.44. The molecule has 5 aliphatic rings. The van der Waals surface area contributed by atoms with Gasteiger partial charge in [0.15, 0.2) is 17.3 Å². The molecular formula is C34H41ClFN11O2S. The molecule has 3 fully saturated rings. The number of carbonyl (C=O) groups excluding carboxylic acids is 1. The van der Waals surface area contributed by atoms with Gasteiger partial charge in [-0.05, 0) is 57.1 Å². The summed E-state index contributed by atoms with van der Waals surface area (Å²) in [7, 11) is 4.82. The number of hydrogen-bond acceptors (Lipinski definition) is 12. The molecule has 2 N–H and O–H groups in total. The highest BCUT2D eigenvalue weighted by molar-refractivity contribution is 7.16. The van der Waals surface area contributed by atoms with Gasteiger partial charge in [-0.2, -0.15) is 25.6 Å². The van der Waals surface area contributed by atoms with Gasteiger partial charge in [-0.25, -0.2) is 4.39 Å². The fraction of sp³-hybridized carbons (Fsp3) is 0.588. The van der Waals surface area contributed by atoms with E-state index in [0.717, 1.165) is 37.8 Å². The molecule has 2 atom stereocenters. The highest BCUT2D eigenvalue weighted by Gasteiger charge is 2.50. The number of alkyl halides is 1. The SMILES string of the molecule is COc1nc(N2CCCn3nc(C(=O)N(C)C)c(Cl)c3C2)c(C#N)c(N2CC3(CCCc4sc(N)c(C#N)c43)C2)n1.FC1CC2CCCN2C1. The molecule has 0 radical (unpaired) electrons. The van der Waals surface area contributed by atoms with Crippen molar-refractivity contribution in [3.05, 3.63) is 38.0 Å². The van der Waals surface area contributed by atoms with E-state index in [1.807, 2.05) is 4.90 Å². The highest BCUT2D eigenvalue weighted by Crippen LogP contribution is 2.51. The van der Waals surface area contributed by atoms with Gasteiger partial charge in [0.2, 0.25) is 0 Å². The zero-order chi connectivity index (χ0) is 35.3. The van der Waals surface area contributed by atoms with Gasteiger partial charge in [0, 0.05) is 63.2 Å². The number of fused-ring (bicyclic) bond motifs is 4. The number of ether oxygens (including phenoxy) is 1. The minimum absolute atomic E-state index is 0.157. The van der Waals surface area contributed by atoms with Crippen LogP contribution in [0, 0.1) is 22.7 Å². The van der Waals surface area contributed by atoms with Crippen molar-refractivity contribution >= 4 is 45.5 Å². The number of anilines is 3. The van der Waals surface area contributed by atoms with E-state index in [9.17, 15) is 19.7 Å². The number of nitrogens with zero attached hydrogens (tertiary/aromatic N) is 10. The Morgan fingerprint density at radius 3 is 2.52 bits per heavy atom. The Balaban J connectivity index is 0.000000375. The van der Waals surface area contributed by atoms with Crippen molar-refractivity contribution in [1.29, 1.82) is 10.5 Å². The Labute approximate surface area is 300 Å². The van der Waals surface area contributed by atoms with Crippen LogP contribution in [0.15, 0.2) is 0 Å². The van der Waals surface area contributed by atoms with E-state index in [2.05, 4.69) is 37.0 Å². The van der Waals surface area contributed by atoms with Gasteiger partial charge in [-0.1, -0.05) is 11.6 Å². The average molecular weight is 722 g/mol. The van der Waals surface area contributed by atoms with Crippen molar-refractivity contribution in [1.82, 2.24) is 29.5 Å². The van der Waals surface area contributed by atoms with Crippen LogP contribution in [0.1, 0.15) is 76.3 Å². The molecule has 13 nitrogen and oxygen atoms in total. The van der Waals surface area contributed by atoms with Gasteiger partial charge < -0.3 is 25.2 Å². The van der Waals surface area contributed by atoms with Gasteiger partial charge in [0.25, 0.3) is 5.91 Å². The van der Waals surface area contributed by atoms with Crippen molar-refractivity contribution in [2.45, 2.75) is 75.7 Å². The fourth-order valence-electron chi connectivity index (χ4n) is 8.31. The number of nitriles is 2. The lowest BCUT2D eigenvalue weighted by Gasteiger charge is -2.53. The molecule has 0 aromatic carbocycles. The summed E-state index contributed by atoms with van der Waals surface area (Å²) in [5.41, 5.74) is 8.92. The van der Waals surface area contributed by atoms with Crippen LogP contribution in [0.5, 0.6) is 6.01 Å². The van der Waals surface area contributed by atoms with Gasteiger partial charge >= 0.3 is 6.01 Å². The van der Waals surface area contributed by atoms with Gasteiger partial charge in [-0.15, -0.1) is 11.3 Å². The molecule has 264 valence electrons. The second-order valence-electron chi connectivity index (χ2n) is 14.0. The lowest BCUT2D eigenvalue weighted by molar-refractivity contribution is 0.0821. The van der Waals surface area contributed by atoms with E-state index >= 15 is 0 Å². The Kier molecular flexibility index (Phi) is 9.26. The lowest BCUT2D eigenvalue weighted by atomic mass is 9.66. The predicted molar refractivity (Wildman–Crippen MR) is 189 cm³/mol. The van der Waals surface area contributed by atoms with E-state index in [1.54, 1.807) is 18.8 Å². The summed E-state index contributed by atoms with van der Waals surface area (Å²) < 4.78 is 19.9. The van der Waals surface area contributed by atoms with E-state index in [1.165, 1.54) is 41.1 Å². The van der Waals surface area contributed by atoms with E-state index in [0.29, 0.717) is 90.2 Å². The first-order valence-corrected chi connectivity index (χ1v) is 18.3. The van der Waals surface area contributed by atoms with Crippen LogP contribution >= 0.6 is 22.9 Å². The largest absolute Gasteiger partial charge is 0.467 e. The molecule has 50 heavy (non-hydrogen) atoms. The minimum atomic E-state index is -0.518. The van der Waals surface area contributed by atoms with Crippen molar-refractivity contribution in [2.24, 2.45) is 0 Å². The van der Waals surface area contributed by atoms with Crippen molar-refractivity contribution in [2.75, 3.05) is 69.5 Å². The average Bonchev–Trinajstić information content (AvgIpc) is 3.80. The summed E-state index contributed by atoms with van der Waals surface area (Å²) in [4.78, 5) is 30.8. The van der Waals surface area contributed by atoms with E-state index in [4.69, 9.17) is 22.1 Å². The van der Waals surface area contributed by atoms with Gasteiger partial charge in [0.05, 0.1) is 29.9 Å². The third-order valence-electron chi connectivity index (χ3n) is 10.6. The molecule has 0 saturated carbocycles. The van der Waals surface area contributed by atoms with Crippen LogP contribution in [-0.2, 0) is 24.9 Å². The molecular weight excluding hydrogens is 681 g/mol. The molecule has 1 spiro atoms. The van der Waals surface area contributed by atoms with Crippen LogP contribution in [0.25, 0.3) is 0 Å². The van der Waals surface area contributed by atoms with Crippen LogP contribution in [0.3, 0.4) is 0 Å². The summed E-state index contributed by atoms with van der Waals surface area (Å²) in [5, 5.41) is 25.6. The third-order valence-corrected chi connectivity index (χ3v) is 12.1. The first kappa shape index (κ1) is 34.3. The standard InChI is InChI=1S/C27H29ClN10O2S.C7H12FN/c1-35(2)25(39)21-20(28)17-12-36(8-5-9-38(17)34-21)23-16(11-30)24(33-26(32-23)40-3)37-13-27(14-37)7-4-6-18-19(27)15(10-29)22(31)41-18;8-6-4-7-2-1-3-9(7)5-6/h4-9,12-14,31H2,1-3H3;6-7H,1-5H2. The van der Waals surface area contributed by atoms with Crippen molar-refractivity contribution < 1.29 is 13.9 Å². The zero-order valence-corrected chi connectivity index (χ0v) is 30.2. The molecule has 2 unspecified atom stereocenters. The number of thiophene rings is 1. The second-order valence-corrected chi connectivity index (χ2v) is 15.5. The van der Waals surface area contributed by atoms with E-state index < -0.39 is 6.17 Å². The topological polar surface area (TPSA) is 156 Å². The zero-order valence-electron chi connectivity index (χ0n) is 28.6. The first-order chi connectivity index (χ1) is 24.1. The Hall–Kier alpha value is -4.18. The molecule has 7 heterocycles. The van der Waals surface area contributed by atoms with Crippen molar-refractivity contribution in [3.63, 3.8) is 0 Å². The van der Waals surface area contributed by atoms with Gasteiger partial charge in [0.1, 0.15) is 28.9 Å². The first-order valence-electron chi connectivity index (χ1n) is 17.1. The number of aromatic nitrogens is 4. The molecule has 3 aromatic rings. The second kappa shape index (κ2) is 13.5. The third kappa shape index (κ3) is 5.89. The summed E-state index contributed by atoms with van der Waals surface area (Å²) in [6.07, 6.45) is 6.42. The number of nitrogen functional groups attached to an aromatic ring is 1. The number of hydrogen-bond donors (Lipinski definition) is 1. The molecule has 3 saturated heterocycles. The van der Waals surface area contributed by atoms with Crippen molar-refractivity contribution in [3.8, 4) is 18.1 Å². The summed E-state index contributed by atoms with van der Waals surface area (Å²) in [5.74, 6) is 0.680. The summed E-state index contributed by atoms with van der Waals surface area (Å²) in [6.45, 7) is 4.58. The maximum atomic E-state index is 12.7. The molecule has 4 aliphatic heterocycles. The summed E-state index contributed by atoms with van der Waals surface area (Å²) >= 11 is 8.20. The smallest absolute Gasteiger partial charge is 0.320 e. The molecule has 8 rings (SSSR count). The molecule has 1 amide bonds. The molecule has 0 bridgehead atoms. The van der Waals surface area contributed by atoms with Crippen LogP contribution in [0.2, 0.25) is 5.02 Å². The normalized spacial score (nSPS) is 21.9. The number of amides is 1. The van der Waals surface area contributed by atoms with E-state index in [-0.39, 0.29) is 23.0 Å². The Morgan fingerprint density at radius 1 is 1.10 bits per heavy atom. The molecule has 1 aliphatic carbocycles. The van der Waals surface area contributed by atoms with Crippen LogP contribution in [-0.4, -0.2) is 102 Å². The van der Waals surface area contributed by atoms with Crippen LogP contribution < -0.4 is 20.3 Å². The van der Waals surface area contributed by atoms with Crippen LogP contribution in [0.4, 0.5) is 21.0 Å². The Bertz CT molecular complexity index is 1880. The number of rotatable bonds is 4. The number of halogens is 2. The quantitative estimate of drug-likeness (QED) is 0.414.